The van der Waals surface area contributed by atoms with Crippen LogP contribution in [0.4, 0.5) is 14.5 Å². The average Bonchev–Trinajstić information content (AvgIpc) is 2.90. The Hall–Kier alpha value is -1.51. The largest absolute Gasteiger partial charge is 0.313 e. The first-order chi connectivity index (χ1) is 9.92. The van der Waals surface area contributed by atoms with Crippen LogP contribution in [0.15, 0.2) is 33.9 Å². The molecule has 0 spiro atoms. The van der Waals surface area contributed by atoms with Gasteiger partial charge in [0, 0.05) is 12.6 Å². The zero-order chi connectivity index (χ0) is 15.5. The van der Waals surface area contributed by atoms with Crippen LogP contribution in [0.2, 0.25) is 0 Å². The van der Waals surface area contributed by atoms with E-state index in [9.17, 15) is 17.2 Å². The van der Waals surface area contributed by atoms with Gasteiger partial charge < -0.3 is 5.32 Å². The lowest BCUT2D eigenvalue weighted by Crippen LogP contribution is -2.13. The zero-order valence-corrected chi connectivity index (χ0v) is 12.8. The molecule has 0 radical (unpaired) electrons. The van der Waals surface area contributed by atoms with E-state index in [1.807, 2.05) is 6.92 Å². The first-order valence-electron chi connectivity index (χ1n) is 6.18. The summed E-state index contributed by atoms with van der Waals surface area (Å²) in [4.78, 5) is 0. The number of thiophene rings is 1. The molecule has 0 atom stereocenters. The second kappa shape index (κ2) is 6.50. The molecule has 2 aromatic rings. The Kier molecular flexibility index (Phi) is 4.92. The molecule has 114 valence electrons. The van der Waals surface area contributed by atoms with Crippen LogP contribution >= 0.6 is 11.3 Å². The van der Waals surface area contributed by atoms with Gasteiger partial charge in [-0.1, -0.05) is 6.92 Å². The summed E-state index contributed by atoms with van der Waals surface area (Å²) in [7, 11) is -3.80. The van der Waals surface area contributed by atoms with Gasteiger partial charge in [-0.2, -0.15) is 0 Å². The van der Waals surface area contributed by atoms with Crippen LogP contribution in [0.5, 0.6) is 0 Å². The van der Waals surface area contributed by atoms with Gasteiger partial charge in [0.15, 0.2) is 11.6 Å². The molecule has 21 heavy (non-hydrogen) atoms. The van der Waals surface area contributed by atoms with E-state index in [4.69, 9.17) is 0 Å². The van der Waals surface area contributed by atoms with Gasteiger partial charge in [-0.3, -0.25) is 4.72 Å². The van der Waals surface area contributed by atoms with Gasteiger partial charge in [-0.25, -0.2) is 17.2 Å². The van der Waals surface area contributed by atoms with Crippen LogP contribution in [-0.2, 0) is 16.6 Å². The summed E-state index contributed by atoms with van der Waals surface area (Å²) in [5.74, 6) is -2.13. The molecule has 0 unspecified atom stereocenters. The summed E-state index contributed by atoms with van der Waals surface area (Å²) in [6.45, 7) is 3.31. The van der Waals surface area contributed by atoms with Crippen molar-refractivity contribution < 1.29 is 17.2 Å². The van der Waals surface area contributed by atoms with Crippen LogP contribution in [-0.4, -0.2) is 15.0 Å². The molecule has 0 aliphatic heterocycles. The van der Waals surface area contributed by atoms with E-state index >= 15 is 0 Å². The second-order valence-corrected chi connectivity index (χ2v) is 7.11. The fourth-order valence-electron chi connectivity index (χ4n) is 1.62. The zero-order valence-electron chi connectivity index (χ0n) is 11.2. The van der Waals surface area contributed by atoms with Gasteiger partial charge in [0.1, 0.15) is 4.21 Å². The monoisotopic (exact) mass is 332 g/mol. The van der Waals surface area contributed by atoms with Crippen molar-refractivity contribution in [3.8, 4) is 0 Å². The summed E-state index contributed by atoms with van der Waals surface area (Å²) >= 11 is 1.08. The molecule has 1 heterocycles. The predicted octanol–water partition coefficient (Wildman–Crippen LogP) is 2.94. The molecule has 2 rings (SSSR count). The van der Waals surface area contributed by atoms with Crippen molar-refractivity contribution in [2.45, 2.75) is 17.7 Å². The number of rotatable bonds is 6. The van der Waals surface area contributed by atoms with Crippen LogP contribution < -0.4 is 10.0 Å². The van der Waals surface area contributed by atoms with Crippen molar-refractivity contribution >= 4 is 27.0 Å². The lowest BCUT2D eigenvalue weighted by molar-refractivity contribution is 0.509. The summed E-state index contributed by atoms with van der Waals surface area (Å²) in [5, 5.41) is 4.83. The van der Waals surface area contributed by atoms with Crippen molar-refractivity contribution in [3.63, 3.8) is 0 Å². The van der Waals surface area contributed by atoms with E-state index in [2.05, 4.69) is 10.0 Å². The Balaban J connectivity index is 2.17. The van der Waals surface area contributed by atoms with Crippen LogP contribution in [0, 0.1) is 11.6 Å². The van der Waals surface area contributed by atoms with E-state index < -0.39 is 21.7 Å². The maximum Gasteiger partial charge on any atom is 0.271 e. The van der Waals surface area contributed by atoms with E-state index in [0.717, 1.165) is 35.6 Å². The average molecular weight is 332 g/mol. The Morgan fingerprint density at radius 3 is 2.62 bits per heavy atom. The maximum absolute atomic E-state index is 13.1. The number of hydrogen-bond acceptors (Lipinski definition) is 4. The standard InChI is InChI=1S/C13H14F2N2O2S2/c1-2-16-7-9-5-13(20-8-9)21(18,19)17-10-3-4-11(14)12(15)6-10/h3-6,8,16-17H,2,7H2,1H3. The molecule has 0 bridgehead atoms. The minimum Gasteiger partial charge on any atom is -0.313 e. The van der Waals surface area contributed by atoms with Gasteiger partial charge in [-0.15, -0.1) is 11.3 Å². The Morgan fingerprint density at radius 2 is 1.95 bits per heavy atom. The SMILES string of the molecule is CCNCc1csc(S(=O)(=O)Nc2ccc(F)c(F)c2)c1. The molecule has 4 nitrogen and oxygen atoms in total. The smallest absolute Gasteiger partial charge is 0.271 e. The van der Waals surface area contributed by atoms with Crippen molar-refractivity contribution in [2.75, 3.05) is 11.3 Å². The third kappa shape index (κ3) is 3.99. The van der Waals surface area contributed by atoms with E-state index in [1.165, 1.54) is 6.07 Å². The molecule has 0 fully saturated rings. The lowest BCUT2D eigenvalue weighted by Gasteiger charge is -2.06. The number of nitrogens with one attached hydrogen (secondary N) is 2. The quantitative estimate of drug-likeness (QED) is 0.855. The highest BCUT2D eigenvalue weighted by atomic mass is 32.2. The number of anilines is 1. The van der Waals surface area contributed by atoms with Crippen LogP contribution in [0.25, 0.3) is 0 Å². The van der Waals surface area contributed by atoms with Crippen molar-refractivity contribution in [3.05, 3.63) is 46.8 Å². The fourth-order valence-corrected chi connectivity index (χ4v) is 3.88. The molecule has 8 heteroatoms. The Bertz CT molecular complexity index is 730. The van der Waals surface area contributed by atoms with Gasteiger partial charge in [0.05, 0.1) is 5.69 Å². The third-order valence-corrected chi connectivity index (χ3v) is 5.52. The van der Waals surface area contributed by atoms with E-state index in [0.29, 0.717) is 6.54 Å². The van der Waals surface area contributed by atoms with Crippen LogP contribution in [0.1, 0.15) is 12.5 Å². The van der Waals surface area contributed by atoms with Gasteiger partial charge in [0.25, 0.3) is 10.0 Å². The Labute approximate surface area is 125 Å². The highest BCUT2D eigenvalue weighted by Crippen LogP contribution is 2.23. The molecular weight excluding hydrogens is 318 g/mol. The van der Waals surface area contributed by atoms with E-state index in [1.54, 1.807) is 11.4 Å². The van der Waals surface area contributed by atoms with Crippen LogP contribution in [0.3, 0.4) is 0 Å². The lowest BCUT2D eigenvalue weighted by atomic mass is 10.3. The molecule has 0 saturated heterocycles. The normalized spacial score (nSPS) is 11.6. The van der Waals surface area contributed by atoms with Crippen molar-refractivity contribution in [1.82, 2.24) is 5.32 Å². The van der Waals surface area contributed by atoms with Crippen molar-refractivity contribution in [2.24, 2.45) is 0 Å². The van der Waals surface area contributed by atoms with Gasteiger partial charge >= 0.3 is 0 Å². The molecule has 0 aliphatic rings. The summed E-state index contributed by atoms with van der Waals surface area (Å²) in [6.07, 6.45) is 0. The summed E-state index contributed by atoms with van der Waals surface area (Å²) in [5.41, 5.74) is 0.836. The second-order valence-electron chi connectivity index (χ2n) is 4.29. The highest BCUT2D eigenvalue weighted by Gasteiger charge is 2.17. The number of sulfonamides is 1. The molecule has 0 aliphatic carbocycles. The van der Waals surface area contributed by atoms with Gasteiger partial charge in [0.2, 0.25) is 0 Å². The number of hydrogen-bond donors (Lipinski definition) is 2. The Morgan fingerprint density at radius 1 is 1.19 bits per heavy atom. The maximum atomic E-state index is 13.1. The third-order valence-electron chi connectivity index (χ3n) is 2.65. The molecule has 0 amide bonds. The molecular formula is C13H14F2N2O2S2. The molecule has 2 N–H and O–H groups in total. The highest BCUT2D eigenvalue weighted by molar-refractivity contribution is 7.94. The molecule has 1 aromatic heterocycles. The predicted molar refractivity (Wildman–Crippen MR) is 78.9 cm³/mol. The van der Waals surface area contributed by atoms with E-state index in [-0.39, 0.29) is 9.90 Å². The molecule has 1 aromatic carbocycles. The van der Waals surface area contributed by atoms with Gasteiger partial charge in [-0.05, 0) is 35.7 Å². The molecule has 0 saturated carbocycles. The minimum absolute atomic E-state index is 0.0180. The first-order valence-corrected chi connectivity index (χ1v) is 8.54. The fraction of sp³-hybridized carbons (Fsp3) is 0.231. The topological polar surface area (TPSA) is 58.2 Å². The number of halogens is 2. The minimum atomic E-state index is -3.80. The summed E-state index contributed by atoms with van der Waals surface area (Å²) in [6, 6.07) is 4.40. The van der Waals surface area contributed by atoms with Crippen molar-refractivity contribution in [1.29, 1.82) is 0 Å². The number of benzene rings is 1. The first kappa shape index (κ1) is 15.9. The summed E-state index contributed by atoms with van der Waals surface area (Å²) < 4.78 is 52.6.